The van der Waals surface area contributed by atoms with Crippen molar-refractivity contribution < 1.29 is 41.8 Å². The van der Waals surface area contributed by atoms with Crippen LogP contribution in [0.4, 0.5) is 18.0 Å². The standard InChI is InChI=1S/C39H39F3N4O6/c1-24(47)52-36-35-30(32(42)21-46(35)39(49)51-23-26-10-6-3-7-11-26)20-45(38(36)48)34(27-14-16-50-17-15-27)37-43-33(29-18-28(40)12-13-31(29)41)22-44(37)19-25-8-4-2-5-9-25/h2-13,18,22,27,30,32,34-36H,14-17,19-21,23H2,1H3/t30-,32-,34+,35?,36-/m0/s1. The van der Waals surface area contributed by atoms with Crippen LogP contribution in [0.15, 0.2) is 85.1 Å². The fraction of sp³-hybridized carbons (Fsp3) is 0.385. The summed E-state index contributed by atoms with van der Waals surface area (Å²) in [5.74, 6) is -3.47. The van der Waals surface area contributed by atoms with E-state index in [1.807, 2.05) is 41.0 Å². The lowest BCUT2D eigenvalue weighted by Gasteiger charge is -2.46. The van der Waals surface area contributed by atoms with Crippen LogP contribution in [0.1, 0.15) is 42.8 Å². The molecule has 52 heavy (non-hydrogen) atoms. The van der Waals surface area contributed by atoms with Crippen molar-refractivity contribution in [1.29, 1.82) is 0 Å². The second-order valence-electron chi connectivity index (χ2n) is 13.5. The van der Waals surface area contributed by atoms with Crippen LogP contribution >= 0.6 is 0 Å². The lowest BCUT2D eigenvalue weighted by Crippen LogP contribution is -2.62. The van der Waals surface area contributed by atoms with Gasteiger partial charge < -0.3 is 23.7 Å². The molecule has 0 N–H and O–H groups in total. The SMILES string of the molecule is CC(=O)O[C@@H]1C(=O)N([C@@H](c2nc(-c3cc(F)ccc3F)cn2Cc2ccccc2)C2CCOCC2)C[C@@H]2C1N(C(=O)OCc1ccccc1)C[C@@H]2F. The lowest BCUT2D eigenvalue weighted by atomic mass is 9.83. The summed E-state index contributed by atoms with van der Waals surface area (Å²) in [6.07, 6.45) is -1.23. The number of amides is 2. The molecule has 272 valence electrons. The highest BCUT2D eigenvalue weighted by atomic mass is 19.1. The van der Waals surface area contributed by atoms with E-state index < -0.39 is 59.9 Å². The summed E-state index contributed by atoms with van der Waals surface area (Å²) >= 11 is 0. The molecule has 4 aromatic rings. The van der Waals surface area contributed by atoms with E-state index in [2.05, 4.69) is 0 Å². The summed E-state index contributed by atoms with van der Waals surface area (Å²) in [5.41, 5.74) is 1.74. The Hall–Kier alpha value is -5.17. The van der Waals surface area contributed by atoms with Gasteiger partial charge in [0, 0.05) is 50.9 Å². The zero-order valence-electron chi connectivity index (χ0n) is 28.6. The van der Waals surface area contributed by atoms with E-state index >= 15 is 8.78 Å². The van der Waals surface area contributed by atoms with Crippen LogP contribution < -0.4 is 0 Å². The van der Waals surface area contributed by atoms with Gasteiger partial charge in [-0.1, -0.05) is 60.7 Å². The summed E-state index contributed by atoms with van der Waals surface area (Å²) in [7, 11) is 0. The molecule has 13 heteroatoms. The van der Waals surface area contributed by atoms with Crippen molar-refractivity contribution in [3.05, 3.63) is 114 Å². The normalized spacial score (nSPS) is 22.6. The number of likely N-dealkylation sites (tertiary alicyclic amines) is 2. The van der Waals surface area contributed by atoms with Gasteiger partial charge in [-0.15, -0.1) is 0 Å². The summed E-state index contributed by atoms with van der Waals surface area (Å²) < 4.78 is 64.5. The first-order valence-electron chi connectivity index (χ1n) is 17.4. The molecule has 3 saturated heterocycles. The lowest BCUT2D eigenvalue weighted by molar-refractivity contribution is -0.172. The Morgan fingerprint density at radius 1 is 0.962 bits per heavy atom. The van der Waals surface area contributed by atoms with Crippen molar-refractivity contribution in [3.8, 4) is 11.3 Å². The number of esters is 1. The maximum absolute atomic E-state index is 16.2. The van der Waals surface area contributed by atoms with Crippen LogP contribution in [0.2, 0.25) is 0 Å². The Labute approximate surface area is 299 Å². The fourth-order valence-corrected chi connectivity index (χ4v) is 7.71. The molecule has 5 atom stereocenters. The van der Waals surface area contributed by atoms with E-state index in [0.717, 1.165) is 41.1 Å². The zero-order valence-corrected chi connectivity index (χ0v) is 28.6. The molecule has 3 aromatic carbocycles. The van der Waals surface area contributed by atoms with E-state index in [-0.39, 0.29) is 43.4 Å². The number of piperidine rings is 1. The van der Waals surface area contributed by atoms with Gasteiger partial charge in [-0.2, -0.15) is 0 Å². The van der Waals surface area contributed by atoms with E-state index in [4.69, 9.17) is 19.2 Å². The molecule has 1 unspecified atom stereocenters. The smallest absolute Gasteiger partial charge is 0.410 e. The first-order chi connectivity index (χ1) is 25.2. The Morgan fingerprint density at radius 2 is 1.65 bits per heavy atom. The van der Waals surface area contributed by atoms with Gasteiger partial charge in [0.25, 0.3) is 5.91 Å². The molecule has 0 saturated carbocycles. The number of rotatable bonds is 9. The highest BCUT2D eigenvalue weighted by Crippen LogP contribution is 2.43. The largest absolute Gasteiger partial charge is 0.450 e. The van der Waals surface area contributed by atoms with E-state index in [1.165, 1.54) is 4.90 Å². The average Bonchev–Trinajstić information content (AvgIpc) is 3.71. The molecule has 7 rings (SSSR count). The number of aromatic nitrogens is 2. The van der Waals surface area contributed by atoms with Crippen LogP contribution in [0.25, 0.3) is 11.3 Å². The van der Waals surface area contributed by atoms with Gasteiger partial charge in [0.2, 0.25) is 6.10 Å². The predicted molar refractivity (Wildman–Crippen MR) is 182 cm³/mol. The fourth-order valence-electron chi connectivity index (χ4n) is 7.71. The molecule has 0 bridgehead atoms. The number of nitrogens with zero attached hydrogens (tertiary/aromatic N) is 4. The quantitative estimate of drug-likeness (QED) is 0.193. The zero-order chi connectivity index (χ0) is 36.4. The molecule has 0 radical (unpaired) electrons. The minimum Gasteiger partial charge on any atom is -0.450 e. The van der Waals surface area contributed by atoms with Crippen molar-refractivity contribution in [2.75, 3.05) is 26.3 Å². The molecule has 2 amide bonds. The molecule has 4 heterocycles. The van der Waals surface area contributed by atoms with E-state index in [9.17, 15) is 18.8 Å². The highest BCUT2D eigenvalue weighted by Gasteiger charge is 2.58. The molecule has 3 fully saturated rings. The minimum absolute atomic E-state index is 0.0501. The number of alkyl halides is 1. The molecule has 0 aliphatic carbocycles. The monoisotopic (exact) mass is 716 g/mol. The number of hydrogen-bond acceptors (Lipinski definition) is 7. The maximum atomic E-state index is 16.2. The number of carbonyl (C=O) groups is 3. The molecule has 3 aliphatic rings. The van der Waals surface area contributed by atoms with Crippen molar-refractivity contribution in [1.82, 2.24) is 19.4 Å². The van der Waals surface area contributed by atoms with Crippen molar-refractivity contribution >= 4 is 18.0 Å². The molecular formula is C39H39F3N4O6. The van der Waals surface area contributed by atoms with Crippen LogP contribution in [0, 0.1) is 23.5 Å². The van der Waals surface area contributed by atoms with E-state index in [0.29, 0.717) is 31.9 Å². The topological polar surface area (TPSA) is 103 Å². The van der Waals surface area contributed by atoms with Gasteiger partial charge in [0.1, 0.15) is 30.2 Å². The van der Waals surface area contributed by atoms with Gasteiger partial charge in [-0.05, 0) is 48.1 Å². The van der Waals surface area contributed by atoms with E-state index in [1.54, 1.807) is 30.5 Å². The van der Waals surface area contributed by atoms with Gasteiger partial charge in [0.05, 0.1) is 24.3 Å². The van der Waals surface area contributed by atoms with Gasteiger partial charge in [-0.3, -0.25) is 14.5 Å². The summed E-state index contributed by atoms with van der Waals surface area (Å²) in [4.78, 5) is 48.2. The van der Waals surface area contributed by atoms with Gasteiger partial charge in [-0.25, -0.2) is 22.9 Å². The third-order valence-corrected chi connectivity index (χ3v) is 10.1. The van der Waals surface area contributed by atoms with Crippen molar-refractivity contribution in [2.45, 2.75) is 57.3 Å². The number of carbonyl (C=O) groups excluding carboxylic acids is 3. The van der Waals surface area contributed by atoms with Crippen molar-refractivity contribution in [3.63, 3.8) is 0 Å². The van der Waals surface area contributed by atoms with Gasteiger partial charge in [0.15, 0.2) is 0 Å². The van der Waals surface area contributed by atoms with Crippen LogP contribution in [-0.4, -0.2) is 81.9 Å². The van der Waals surface area contributed by atoms with Crippen molar-refractivity contribution in [2.24, 2.45) is 11.8 Å². The molecule has 1 aromatic heterocycles. The van der Waals surface area contributed by atoms with Crippen LogP contribution in [-0.2, 0) is 37.0 Å². The number of ether oxygens (including phenoxy) is 3. The second kappa shape index (κ2) is 15.2. The summed E-state index contributed by atoms with van der Waals surface area (Å²) in [5, 5.41) is 0. The minimum atomic E-state index is -1.57. The molecule has 3 aliphatic heterocycles. The molecule has 0 spiro atoms. The van der Waals surface area contributed by atoms with Crippen LogP contribution in [0.3, 0.4) is 0 Å². The first-order valence-corrected chi connectivity index (χ1v) is 17.4. The summed E-state index contributed by atoms with van der Waals surface area (Å²) in [6.45, 7) is 1.72. The third-order valence-electron chi connectivity index (χ3n) is 10.1. The highest BCUT2D eigenvalue weighted by molar-refractivity contribution is 5.87. The molecule has 10 nitrogen and oxygen atoms in total. The third kappa shape index (κ3) is 7.27. The number of hydrogen-bond donors (Lipinski definition) is 0. The van der Waals surface area contributed by atoms with Crippen LogP contribution in [0.5, 0.6) is 0 Å². The average molecular weight is 717 g/mol. The Balaban J connectivity index is 1.28. The number of halogens is 3. The predicted octanol–water partition coefficient (Wildman–Crippen LogP) is 6.09. The van der Waals surface area contributed by atoms with Gasteiger partial charge >= 0.3 is 12.1 Å². The Kier molecular flexibility index (Phi) is 10.3. The number of fused-ring (bicyclic) bond motifs is 1. The summed E-state index contributed by atoms with van der Waals surface area (Å²) in [6, 6.07) is 19.7. The first kappa shape index (κ1) is 35.2. The molecular weight excluding hydrogens is 677 g/mol. The second-order valence-corrected chi connectivity index (χ2v) is 13.5. The Bertz CT molecular complexity index is 1900. The number of imidazole rings is 1. The Morgan fingerprint density at radius 3 is 2.35 bits per heavy atom. The number of benzene rings is 3. The maximum Gasteiger partial charge on any atom is 0.410 e.